The molecule has 1 heterocycles. The highest BCUT2D eigenvalue weighted by molar-refractivity contribution is 7.77. The van der Waals surface area contributed by atoms with E-state index in [0.29, 0.717) is 0 Å². The summed E-state index contributed by atoms with van der Waals surface area (Å²) < 4.78 is 5.33. The smallest absolute Gasteiger partial charge is 0.265 e. The first-order chi connectivity index (χ1) is 11.5. The molecular formula is C20H33NO2P+. The van der Waals surface area contributed by atoms with Gasteiger partial charge in [-0.1, -0.05) is 6.92 Å². The molecule has 0 bridgehead atoms. The van der Waals surface area contributed by atoms with Crippen LogP contribution in [0.2, 0.25) is 0 Å². The molecule has 1 unspecified atom stereocenters. The Labute approximate surface area is 147 Å². The molecular weight excluding hydrogens is 317 g/mol. The van der Waals surface area contributed by atoms with Gasteiger partial charge in [-0.2, -0.15) is 0 Å². The Balaban J connectivity index is 2.24. The number of hydrogen-bond acceptors (Lipinski definition) is 2. The van der Waals surface area contributed by atoms with E-state index in [-0.39, 0.29) is 11.6 Å². The number of carbonyl (C=O) groups is 1. The monoisotopic (exact) mass is 350 g/mol. The maximum Gasteiger partial charge on any atom is 0.265 e. The predicted octanol–water partition coefficient (Wildman–Crippen LogP) is 5.25. The minimum atomic E-state index is -1.16. The van der Waals surface area contributed by atoms with Crippen molar-refractivity contribution in [1.29, 1.82) is 0 Å². The fourth-order valence-electron chi connectivity index (χ4n) is 4.26. The zero-order valence-corrected chi connectivity index (χ0v) is 16.8. The predicted molar refractivity (Wildman–Crippen MR) is 106 cm³/mol. The number of carbonyl (C=O) groups excluding carboxylic acids is 1. The quantitative estimate of drug-likeness (QED) is 0.712. The first kappa shape index (κ1) is 19.2. The van der Waals surface area contributed by atoms with Crippen molar-refractivity contribution in [2.24, 2.45) is 0 Å². The van der Waals surface area contributed by atoms with Crippen LogP contribution >= 0.6 is 7.26 Å². The Morgan fingerprint density at radius 3 is 2.21 bits per heavy atom. The van der Waals surface area contributed by atoms with Gasteiger partial charge in [0.1, 0.15) is 11.4 Å². The van der Waals surface area contributed by atoms with E-state index in [4.69, 9.17) is 4.74 Å². The summed E-state index contributed by atoms with van der Waals surface area (Å²) in [5, 5.41) is 3.27. The first-order valence-corrected chi connectivity index (χ1v) is 11.7. The minimum Gasteiger partial charge on any atom is -0.497 e. The fraction of sp³-hybridized carbons (Fsp3) is 0.650. The van der Waals surface area contributed by atoms with Gasteiger partial charge in [0.05, 0.1) is 25.6 Å². The van der Waals surface area contributed by atoms with Crippen molar-refractivity contribution in [2.45, 2.75) is 59.0 Å². The molecule has 0 aliphatic carbocycles. The maximum absolute atomic E-state index is 13.2. The third kappa shape index (κ3) is 3.94. The Bertz CT molecular complexity index is 556. The molecule has 1 aliphatic heterocycles. The summed E-state index contributed by atoms with van der Waals surface area (Å²) in [7, 11) is 0.522. The summed E-state index contributed by atoms with van der Waals surface area (Å²) in [6.07, 6.45) is 8.74. The Morgan fingerprint density at radius 1 is 1.17 bits per heavy atom. The number of benzene rings is 1. The standard InChI is InChI=1S/C20H32NO2P/c1-6-18(24(7-2)11-9-8-10-12-24)20(22)21-19-15(3)13-17(23-5)14-16(19)4/h13-14,18H,6-12H2,1-5H3/p+1. The highest BCUT2D eigenvalue weighted by Crippen LogP contribution is 2.66. The van der Waals surface area contributed by atoms with E-state index < -0.39 is 7.26 Å². The topological polar surface area (TPSA) is 38.3 Å². The van der Waals surface area contributed by atoms with Gasteiger partial charge < -0.3 is 10.1 Å². The maximum atomic E-state index is 13.2. The van der Waals surface area contributed by atoms with Gasteiger partial charge in [-0.15, -0.1) is 0 Å². The minimum absolute atomic E-state index is 0.212. The second kappa shape index (κ2) is 8.34. The van der Waals surface area contributed by atoms with E-state index >= 15 is 0 Å². The molecule has 0 spiro atoms. The Morgan fingerprint density at radius 2 is 1.75 bits per heavy atom. The van der Waals surface area contributed by atoms with Gasteiger partial charge in [0, 0.05) is 12.9 Å². The molecule has 0 radical (unpaired) electrons. The van der Waals surface area contributed by atoms with Crippen LogP contribution in [0.5, 0.6) is 5.75 Å². The summed E-state index contributed by atoms with van der Waals surface area (Å²) in [5.41, 5.74) is 3.32. The summed E-state index contributed by atoms with van der Waals surface area (Å²) in [6, 6.07) is 3.99. The van der Waals surface area contributed by atoms with Gasteiger partial charge in [-0.25, -0.2) is 0 Å². The van der Waals surface area contributed by atoms with Gasteiger partial charge in [0.15, 0.2) is 0 Å². The van der Waals surface area contributed by atoms with E-state index in [0.717, 1.165) is 29.0 Å². The Hall–Kier alpha value is -1.08. The van der Waals surface area contributed by atoms with Crippen molar-refractivity contribution in [1.82, 2.24) is 0 Å². The lowest BCUT2D eigenvalue weighted by Crippen LogP contribution is -2.34. The van der Waals surface area contributed by atoms with E-state index in [1.165, 1.54) is 37.7 Å². The van der Waals surface area contributed by atoms with Gasteiger partial charge in [0.25, 0.3) is 5.91 Å². The summed E-state index contributed by atoms with van der Waals surface area (Å²) in [6.45, 7) is 8.57. The zero-order valence-electron chi connectivity index (χ0n) is 15.9. The second-order valence-electron chi connectivity index (χ2n) is 7.09. The lowest BCUT2D eigenvalue weighted by atomic mass is 10.1. The van der Waals surface area contributed by atoms with Crippen LogP contribution in [0.4, 0.5) is 5.69 Å². The van der Waals surface area contributed by atoms with Crippen molar-refractivity contribution in [3.63, 3.8) is 0 Å². The molecule has 1 fully saturated rings. The van der Waals surface area contributed by atoms with E-state index in [1.807, 2.05) is 26.0 Å². The lowest BCUT2D eigenvalue weighted by molar-refractivity contribution is -0.115. The zero-order chi connectivity index (χ0) is 17.7. The SMILES string of the molecule is CCC(C(=O)Nc1c(C)cc(OC)cc1C)[P+]1(CC)CCCCC1. The number of nitrogens with one attached hydrogen (secondary N) is 1. The highest BCUT2D eigenvalue weighted by atomic mass is 31.2. The summed E-state index contributed by atoms with van der Waals surface area (Å²) >= 11 is 0. The second-order valence-corrected chi connectivity index (χ2v) is 11.7. The van der Waals surface area contributed by atoms with E-state index in [2.05, 4.69) is 19.2 Å². The van der Waals surface area contributed by atoms with Gasteiger partial charge >= 0.3 is 0 Å². The van der Waals surface area contributed by atoms with Crippen LogP contribution in [0, 0.1) is 13.8 Å². The molecule has 1 saturated heterocycles. The molecule has 134 valence electrons. The number of aryl methyl sites for hydroxylation is 2. The number of rotatable bonds is 6. The van der Waals surface area contributed by atoms with Crippen molar-refractivity contribution in [3.8, 4) is 5.75 Å². The van der Waals surface area contributed by atoms with Crippen LogP contribution in [-0.2, 0) is 4.79 Å². The molecule has 4 heteroatoms. The molecule has 24 heavy (non-hydrogen) atoms. The van der Waals surface area contributed by atoms with E-state index in [9.17, 15) is 4.79 Å². The molecule has 1 aliphatic rings. The molecule has 1 aromatic carbocycles. The van der Waals surface area contributed by atoms with Crippen LogP contribution in [0.3, 0.4) is 0 Å². The number of hydrogen-bond donors (Lipinski definition) is 1. The molecule has 2 rings (SSSR count). The average Bonchev–Trinajstić information content (AvgIpc) is 2.59. The highest BCUT2D eigenvalue weighted by Gasteiger charge is 2.47. The van der Waals surface area contributed by atoms with Gasteiger partial charge in [0.2, 0.25) is 0 Å². The molecule has 1 atom stereocenters. The van der Waals surface area contributed by atoms with Gasteiger partial charge in [-0.3, -0.25) is 4.79 Å². The number of amides is 1. The third-order valence-corrected chi connectivity index (χ3v) is 11.3. The summed E-state index contributed by atoms with van der Waals surface area (Å²) in [5.74, 6) is 1.09. The molecule has 0 saturated carbocycles. The molecule has 1 amide bonds. The lowest BCUT2D eigenvalue weighted by Gasteiger charge is -2.35. The van der Waals surface area contributed by atoms with Crippen molar-refractivity contribution >= 4 is 18.9 Å². The largest absolute Gasteiger partial charge is 0.497 e. The van der Waals surface area contributed by atoms with Crippen LogP contribution in [-0.4, -0.2) is 37.2 Å². The molecule has 1 N–H and O–H groups in total. The van der Waals surface area contributed by atoms with Crippen molar-refractivity contribution < 1.29 is 9.53 Å². The van der Waals surface area contributed by atoms with Gasteiger partial charge in [-0.05, 0) is 69.7 Å². The normalized spacial score (nSPS) is 18.0. The van der Waals surface area contributed by atoms with Crippen molar-refractivity contribution in [3.05, 3.63) is 23.3 Å². The van der Waals surface area contributed by atoms with E-state index in [1.54, 1.807) is 7.11 Å². The average molecular weight is 350 g/mol. The van der Waals surface area contributed by atoms with Crippen LogP contribution in [0.25, 0.3) is 0 Å². The van der Waals surface area contributed by atoms with Crippen LogP contribution in [0.1, 0.15) is 50.7 Å². The van der Waals surface area contributed by atoms with Crippen LogP contribution in [0.15, 0.2) is 12.1 Å². The molecule has 0 aromatic heterocycles. The van der Waals surface area contributed by atoms with Crippen LogP contribution < -0.4 is 10.1 Å². The Kier molecular flexibility index (Phi) is 6.69. The number of ether oxygens (including phenoxy) is 1. The third-order valence-electron chi connectivity index (χ3n) is 5.68. The molecule has 3 nitrogen and oxygen atoms in total. The summed E-state index contributed by atoms with van der Waals surface area (Å²) in [4.78, 5) is 13.2. The first-order valence-electron chi connectivity index (χ1n) is 9.29. The number of methoxy groups -OCH3 is 1. The molecule has 1 aromatic rings. The fourth-order valence-corrected chi connectivity index (χ4v) is 9.22. The number of anilines is 1. The van der Waals surface area contributed by atoms with Crippen molar-refractivity contribution in [2.75, 3.05) is 30.9 Å².